The molecule has 0 unspecified atom stereocenters. The number of nitrogens with zero attached hydrogens (tertiary/aromatic N) is 9. The fraction of sp³-hybridized carbons (Fsp3) is 0.294. The molecule has 4 aromatic heterocycles. The molecule has 6 aromatic rings. The van der Waals surface area contributed by atoms with Crippen LogP contribution in [0, 0.1) is 0 Å². The maximum Gasteiger partial charge on any atom is 0.236 e. The molecule has 0 bridgehead atoms. The fourth-order valence-electron chi connectivity index (χ4n) is 5.32. The Morgan fingerprint density at radius 3 is 1.98 bits per heavy atom. The third-order valence-electron chi connectivity index (χ3n) is 7.99. The van der Waals surface area contributed by atoms with Crippen molar-refractivity contribution in [2.24, 2.45) is 0 Å². The number of hydrogen-bond acceptors (Lipinski definition) is 8. The number of halogens is 2. The molecule has 5 heterocycles. The predicted molar refractivity (Wildman–Crippen MR) is 177 cm³/mol. The summed E-state index contributed by atoms with van der Waals surface area (Å²) in [6.07, 6.45) is 7.81. The summed E-state index contributed by atoms with van der Waals surface area (Å²) >= 11 is 0. The van der Waals surface area contributed by atoms with Crippen LogP contribution < -0.4 is 14.5 Å². The summed E-state index contributed by atoms with van der Waals surface area (Å²) in [5.74, 6) is 3.75. The van der Waals surface area contributed by atoms with Gasteiger partial charge in [-0.2, -0.15) is 9.97 Å². The molecular formula is C34H37F2N9O. The topological polar surface area (TPSA) is 79.3 Å². The van der Waals surface area contributed by atoms with Crippen molar-refractivity contribution in [3.63, 3.8) is 0 Å². The number of hydrogen-bond donors (Lipinski definition) is 0. The van der Waals surface area contributed by atoms with Crippen LogP contribution in [0.4, 0.5) is 20.4 Å². The first kappa shape index (κ1) is 30.9. The van der Waals surface area contributed by atoms with Crippen molar-refractivity contribution >= 4 is 23.2 Å². The highest BCUT2D eigenvalue weighted by Crippen LogP contribution is 2.23. The largest absolute Gasteiger partial charge is 0.497 e. The minimum absolute atomic E-state index is 0.277. The Morgan fingerprint density at radius 2 is 1.35 bits per heavy atom. The second-order valence-electron chi connectivity index (χ2n) is 11.0. The van der Waals surface area contributed by atoms with E-state index in [-0.39, 0.29) is 6.67 Å². The van der Waals surface area contributed by atoms with Gasteiger partial charge in [-0.1, -0.05) is 30.3 Å². The third-order valence-corrected chi connectivity index (χ3v) is 7.99. The molecule has 0 N–H and O–H groups in total. The van der Waals surface area contributed by atoms with Crippen molar-refractivity contribution in [3.8, 4) is 28.3 Å². The van der Waals surface area contributed by atoms with E-state index in [1.54, 1.807) is 12.0 Å². The van der Waals surface area contributed by atoms with Gasteiger partial charge in [-0.3, -0.25) is 13.7 Å². The smallest absolute Gasteiger partial charge is 0.236 e. The Hall–Kier alpha value is -5.10. The monoisotopic (exact) mass is 625 g/mol. The number of imidazole rings is 2. The highest BCUT2D eigenvalue weighted by atomic mass is 19.1. The number of benzene rings is 2. The van der Waals surface area contributed by atoms with Crippen LogP contribution in [0.5, 0.6) is 5.75 Å². The molecule has 1 saturated heterocycles. The van der Waals surface area contributed by atoms with Crippen LogP contribution in [-0.4, -0.2) is 100 Å². The van der Waals surface area contributed by atoms with Crippen molar-refractivity contribution in [3.05, 3.63) is 91.5 Å². The Bertz CT molecular complexity index is 1850. The predicted octanol–water partition coefficient (Wildman–Crippen LogP) is 5.30. The number of piperazine rings is 1. The van der Waals surface area contributed by atoms with Gasteiger partial charge < -0.3 is 14.5 Å². The molecule has 7 rings (SSSR count). The first-order valence-corrected chi connectivity index (χ1v) is 15.3. The van der Waals surface area contributed by atoms with Crippen LogP contribution in [0.2, 0.25) is 0 Å². The lowest BCUT2D eigenvalue weighted by atomic mass is 10.2. The number of anilines is 2. The van der Waals surface area contributed by atoms with E-state index in [2.05, 4.69) is 24.8 Å². The van der Waals surface area contributed by atoms with Crippen LogP contribution in [0.15, 0.2) is 91.5 Å². The first-order chi connectivity index (χ1) is 22.5. The third kappa shape index (κ3) is 7.07. The zero-order valence-corrected chi connectivity index (χ0v) is 26.0. The Labute approximate surface area is 266 Å². The highest BCUT2D eigenvalue weighted by molar-refractivity contribution is 5.63. The average Bonchev–Trinajstić information content (AvgIpc) is 3.74. The number of rotatable bonds is 9. The second kappa shape index (κ2) is 14.3. The van der Waals surface area contributed by atoms with Crippen LogP contribution in [0.1, 0.15) is 0 Å². The van der Waals surface area contributed by atoms with E-state index in [9.17, 15) is 8.78 Å². The Kier molecular flexibility index (Phi) is 9.63. The van der Waals surface area contributed by atoms with E-state index in [1.165, 1.54) is 0 Å². The first-order valence-electron chi connectivity index (χ1n) is 15.3. The normalized spacial score (nSPS) is 13.5. The quantitative estimate of drug-likeness (QED) is 0.214. The van der Waals surface area contributed by atoms with E-state index in [4.69, 9.17) is 9.72 Å². The average molecular weight is 626 g/mol. The number of aromatic nitrogens is 6. The molecular weight excluding hydrogens is 588 g/mol. The van der Waals surface area contributed by atoms with Gasteiger partial charge in [0.15, 0.2) is 0 Å². The molecule has 1 fully saturated rings. The van der Waals surface area contributed by atoms with Gasteiger partial charge in [-0.25, -0.2) is 18.7 Å². The lowest BCUT2D eigenvalue weighted by Gasteiger charge is -2.34. The minimum atomic E-state index is -0.408. The van der Waals surface area contributed by atoms with Gasteiger partial charge >= 0.3 is 0 Å². The molecule has 0 saturated carbocycles. The van der Waals surface area contributed by atoms with Crippen molar-refractivity contribution in [1.82, 2.24) is 33.6 Å². The number of ether oxygens (including phenoxy) is 1. The molecule has 0 amide bonds. The zero-order valence-electron chi connectivity index (χ0n) is 26.0. The summed E-state index contributed by atoms with van der Waals surface area (Å²) in [6.45, 7) is 3.65. The van der Waals surface area contributed by atoms with Crippen LogP contribution >= 0.6 is 0 Å². The van der Waals surface area contributed by atoms with Gasteiger partial charge in [0.05, 0.1) is 18.5 Å². The molecule has 0 radical (unpaired) electrons. The van der Waals surface area contributed by atoms with Gasteiger partial charge in [-0.05, 0) is 36.4 Å². The zero-order chi connectivity index (χ0) is 31.9. The fourth-order valence-corrected chi connectivity index (χ4v) is 5.32. The summed E-state index contributed by atoms with van der Waals surface area (Å²) in [6, 6.07) is 21.7. The van der Waals surface area contributed by atoms with Crippen molar-refractivity contribution < 1.29 is 13.5 Å². The highest BCUT2D eigenvalue weighted by Gasteiger charge is 2.18. The molecule has 0 atom stereocenters. The summed E-state index contributed by atoms with van der Waals surface area (Å²) in [5.41, 5.74) is 3.84. The Morgan fingerprint density at radius 1 is 0.717 bits per heavy atom. The van der Waals surface area contributed by atoms with Crippen LogP contribution in [0.3, 0.4) is 0 Å². The molecule has 12 heteroatoms. The molecule has 0 spiro atoms. The molecule has 2 aromatic carbocycles. The molecule has 238 valence electrons. The van der Waals surface area contributed by atoms with Crippen LogP contribution in [-0.2, 0) is 0 Å². The molecule has 0 aliphatic carbocycles. The van der Waals surface area contributed by atoms with E-state index in [0.717, 1.165) is 60.3 Å². The summed E-state index contributed by atoms with van der Waals surface area (Å²) in [4.78, 5) is 24.5. The molecule has 46 heavy (non-hydrogen) atoms. The van der Waals surface area contributed by atoms with Gasteiger partial charge in [0, 0.05) is 82.2 Å². The SMILES string of the molecule is COc1ccc(-c2cn3ccc(N(C)CCF)nc3n2)cc1.FCCN1CCN(c2ccn3cc(-c4ccccc4)nc3n2)CC1. The van der Waals surface area contributed by atoms with Gasteiger partial charge in [0.25, 0.3) is 0 Å². The summed E-state index contributed by atoms with van der Waals surface area (Å²) < 4.78 is 33.8. The van der Waals surface area contributed by atoms with Crippen molar-refractivity contribution in [1.29, 1.82) is 0 Å². The summed E-state index contributed by atoms with van der Waals surface area (Å²) in [5, 5.41) is 0. The van der Waals surface area contributed by atoms with E-state index in [1.807, 2.05) is 107 Å². The van der Waals surface area contributed by atoms with Crippen LogP contribution in [0.25, 0.3) is 34.1 Å². The van der Waals surface area contributed by atoms with E-state index >= 15 is 0 Å². The van der Waals surface area contributed by atoms with Gasteiger partial charge in [-0.15, -0.1) is 0 Å². The lowest BCUT2D eigenvalue weighted by Crippen LogP contribution is -2.47. The lowest BCUT2D eigenvalue weighted by molar-refractivity contribution is 0.235. The van der Waals surface area contributed by atoms with Gasteiger partial charge in [0.2, 0.25) is 11.6 Å². The Balaban J connectivity index is 0.000000162. The molecule has 10 nitrogen and oxygen atoms in total. The maximum atomic E-state index is 12.4. The minimum Gasteiger partial charge on any atom is -0.497 e. The standard InChI is InChI=1S/C18H20FN5.C16H17FN4O/c19-7-9-22-10-12-23(13-11-22)17-6-8-24-14-16(20-18(24)21-17)15-4-2-1-3-5-15;1-20(10-8-17)15-7-9-21-11-14(18-16(21)19-15)12-3-5-13(22-2)6-4-12/h1-6,8,14H,7,9-13H2;3-7,9,11H,8,10H2,1-2H3. The van der Waals surface area contributed by atoms with Crippen molar-refractivity contribution in [2.45, 2.75) is 0 Å². The molecule has 1 aliphatic rings. The van der Waals surface area contributed by atoms with Gasteiger partial charge in [0.1, 0.15) is 30.7 Å². The maximum absolute atomic E-state index is 12.4. The second-order valence-corrected chi connectivity index (χ2v) is 11.0. The van der Waals surface area contributed by atoms with E-state index < -0.39 is 6.67 Å². The molecule has 1 aliphatic heterocycles. The van der Waals surface area contributed by atoms with Crippen molar-refractivity contribution in [2.75, 3.05) is 76.6 Å². The number of fused-ring (bicyclic) bond motifs is 2. The van der Waals surface area contributed by atoms with E-state index in [0.29, 0.717) is 30.5 Å². The number of alkyl halides is 2. The summed E-state index contributed by atoms with van der Waals surface area (Å²) in [7, 11) is 3.45. The number of methoxy groups -OCH3 is 1.